The van der Waals surface area contributed by atoms with Crippen LogP contribution in [0.4, 0.5) is 4.79 Å². The number of carboxylic acid groups (broad SMARTS) is 1. The van der Waals surface area contributed by atoms with Crippen LogP contribution in [0.2, 0.25) is 0 Å². The number of likely N-dealkylation sites (tertiary alicyclic amines) is 1. The summed E-state index contributed by atoms with van der Waals surface area (Å²) in [6.45, 7) is 6.86. The molecule has 4 heteroatoms. The third kappa shape index (κ3) is 1.35. The van der Waals surface area contributed by atoms with Gasteiger partial charge in [0.05, 0.1) is 5.54 Å². The Morgan fingerprint density at radius 1 is 1.50 bits per heavy atom. The second kappa shape index (κ2) is 3.36. The molecule has 16 heavy (non-hydrogen) atoms. The lowest BCUT2D eigenvalue weighted by molar-refractivity contribution is 0.0119. The lowest BCUT2D eigenvalue weighted by atomic mass is 9.77. The molecule has 2 rings (SSSR count). The second-order valence-corrected chi connectivity index (χ2v) is 6.19. The molecule has 1 amide bonds. The molecule has 2 fully saturated rings. The van der Waals surface area contributed by atoms with E-state index in [2.05, 4.69) is 20.8 Å². The molecule has 0 spiro atoms. The van der Waals surface area contributed by atoms with Gasteiger partial charge < -0.3 is 10.8 Å². The van der Waals surface area contributed by atoms with Crippen LogP contribution in [0, 0.1) is 11.3 Å². The maximum Gasteiger partial charge on any atom is 0.408 e. The summed E-state index contributed by atoms with van der Waals surface area (Å²) < 4.78 is 0. The number of hydrogen-bond donors (Lipinski definition) is 2. The fraction of sp³-hybridized carbons (Fsp3) is 0.917. The van der Waals surface area contributed by atoms with Crippen molar-refractivity contribution in [3.8, 4) is 0 Å². The van der Waals surface area contributed by atoms with Crippen molar-refractivity contribution in [3.05, 3.63) is 0 Å². The van der Waals surface area contributed by atoms with Gasteiger partial charge >= 0.3 is 6.09 Å². The minimum absolute atomic E-state index is 0.00387. The molecule has 0 aromatic heterocycles. The molecule has 0 bridgehead atoms. The molecule has 2 aliphatic rings. The van der Waals surface area contributed by atoms with Gasteiger partial charge in [0.25, 0.3) is 0 Å². The van der Waals surface area contributed by atoms with Crippen molar-refractivity contribution in [2.24, 2.45) is 17.1 Å². The van der Waals surface area contributed by atoms with E-state index < -0.39 is 6.09 Å². The molecular weight excluding hydrogens is 204 g/mol. The van der Waals surface area contributed by atoms with E-state index in [1.165, 1.54) is 0 Å². The molecule has 1 aliphatic heterocycles. The standard InChI is InChI=1S/C12H22N2O2/c1-11(2,3)12-6-8(12)4-5-9(7-13)14(12)10(15)16/h8-9H,4-7,13H2,1-3H3,(H,15,16)/t8-,9-,12+/m0/s1. The molecule has 1 saturated heterocycles. The van der Waals surface area contributed by atoms with E-state index in [9.17, 15) is 9.90 Å². The highest BCUT2D eigenvalue weighted by Crippen LogP contribution is 2.63. The zero-order valence-corrected chi connectivity index (χ0v) is 10.4. The van der Waals surface area contributed by atoms with Crippen LogP contribution < -0.4 is 5.73 Å². The number of nitrogens with zero attached hydrogens (tertiary/aromatic N) is 1. The summed E-state index contributed by atoms with van der Waals surface area (Å²) in [5, 5.41) is 9.44. The zero-order chi connectivity index (χ0) is 12.1. The SMILES string of the molecule is CC(C)(C)[C@@]12C[C@@H]1CC[C@@H](CN)N2C(=O)O. The fourth-order valence-corrected chi connectivity index (χ4v) is 3.63. The number of carbonyl (C=O) groups is 1. The van der Waals surface area contributed by atoms with Gasteiger partial charge in [-0.25, -0.2) is 4.79 Å². The van der Waals surface area contributed by atoms with Crippen molar-refractivity contribution in [2.75, 3.05) is 6.54 Å². The summed E-state index contributed by atoms with van der Waals surface area (Å²) in [6, 6.07) is 0.00970. The van der Waals surface area contributed by atoms with E-state index >= 15 is 0 Å². The van der Waals surface area contributed by atoms with Gasteiger partial charge in [0.1, 0.15) is 0 Å². The average Bonchev–Trinajstić information content (AvgIpc) is 2.89. The number of amides is 1. The smallest absolute Gasteiger partial charge is 0.408 e. The fourth-order valence-electron chi connectivity index (χ4n) is 3.63. The Kier molecular flexibility index (Phi) is 2.46. The quantitative estimate of drug-likeness (QED) is 0.717. The lowest BCUT2D eigenvalue weighted by Crippen LogP contribution is -2.59. The Morgan fingerprint density at radius 2 is 2.12 bits per heavy atom. The van der Waals surface area contributed by atoms with Crippen molar-refractivity contribution in [1.82, 2.24) is 4.90 Å². The maximum atomic E-state index is 11.5. The van der Waals surface area contributed by atoms with Crippen molar-refractivity contribution < 1.29 is 9.90 Å². The first-order valence-electron chi connectivity index (χ1n) is 6.07. The summed E-state index contributed by atoms with van der Waals surface area (Å²) in [5.74, 6) is 0.548. The third-order valence-corrected chi connectivity index (χ3v) is 4.49. The summed E-state index contributed by atoms with van der Waals surface area (Å²) in [6.07, 6.45) is 2.26. The molecule has 0 aromatic rings. The summed E-state index contributed by atoms with van der Waals surface area (Å²) >= 11 is 0. The van der Waals surface area contributed by atoms with E-state index in [0.29, 0.717) is 12.5 Å². The molecule has 0 radical (unpaired) electrons. The monoisotopic (exact) mass is 226 g/mol. The second-order valence-electron chi connectivity index (χ2n) is 6.19. The highest BCUT2D eigenvalue weighted by molar-refractivity contribution is 5.68. The molecule has 3 atom stereocenters. The van der Waals surface area contributed by atoms with Crippen molar-refractivity contribution in [3.63, 3.8) is 0 Å². The van der Waals surface area contributed by atoms with E-state index in [1.54, 1.807) is 4.90 Å². The first kappa shape index (κ1) is 11.7. The zero-order valence-electron chi connectivity index (χ0n) is 10.4. The first-order valence-corrected chi connectivity index (χ1v) is 6.07. The molecule has 3 N–H and O–H groups in total. The van der Waals surface area contributed by atoms with Crippen LogP contribution >= 0.6 is 0 Å². The molecule has 0 unspecified atom stereocenters. The van der Waals surface area contributed by atoms with Crippen molar-refractivity contribution in [1.29, 1.82) is 0 Å². The van der Waals surface area contributed by atoms with Crippen molar-refractivity contribution in [2.45, 2.75) is 51.6 Å². The number of fused-ring (bicyclic) bond motifs is 1. The minimum atomic E-state index is -0.799. The van der Waals surface area contributed by atoms with Crippen molar-refractivity contribution >= 4 is 6.09 Å². The Balaban J connectivity index is 2.35. The van der Waals surface area contributed by atoms with Gasteiger partial charge in [-0.1, -0.05) is 20.8 Å². The Labute approximate surface area is 96.8 Å². The lowest BCUT2D eigenvalue weighted by Gasteiger charge is -2.47. The highest BCUT2D eigenvalue weighted by Gasteiger charge is 2.68. The van der Waals surface area contributed by atoms with E-state index in [-0.39, 0.29) is 17.0 Å². The Bertz CT molecular complexity index is 311. The van der Waals surface area contributed by atoms with Gasteiger partial charge in [0.15, 0.2) is 0 Å². The van der Waals surface area contributed by atoms with Gasteiger partial charge in [-0.05, 0) is 30.6 Å². The minimum Gasteiger partial charge on any atom is -0.465 e. The molecule has 1 saturated carbocycles. The van der Waals surface area contributed by atoms with Crippen LogP contribution in [0.3, 0.4) is 0 Å². The van der Waals surface area contributed by atoms with Crippen LogP contribution in [-0.4, -0.2) is 34.2 Å². The number of piperidine rings is 1. The summed E-state index contributed by atoms with van der Waals surface area (Å²) in [7, 11) is 0. The van der Waals surface area contributed by atoms with Crippen LogP contribution in [0.25, 0.3) is 0 Å². The molecule has 92 valence electrons. The van der Waals surface area contributed by atoms with Crippen LogP contribution in [0.1, 0.15) is 40.0 Å². The Morgan fingerprint density at radius 3 is 2.56 bits per heavy atom. The molecule has 1 heterocycles. The third-order valence-electron chi connectivity index (χ3n) is 4.49. The van der Waals surface area contributed by atoms with E-state index in [4.69, 9.17) is 5.73 Å². The van der Waals surface area contributed by atoms with Crippen LogP contribution in [-0.2, 0) is 0 Å². The van der Waals surface area contributed by atoms with Crippen LogP contribution in [0.5, 0.6) is 0 Å². The summed E-state index contributed by atoms with van der Waals surface area (Å²) in [4.78, 5) is 13.2. The van der Waals surface area contributed by atoms with Gasteiger partial charge in [0.2, 0.25) is 0 Å². The van der Waals surface area contributed by atoms with Gasteiger partial charge in [-0.15, -0.1) is 0 Å². The molecule has 4 nitrogen and oxygen atoms in total. The maximum absolute atomic E-state index is 11.5. The number of hydrogen-bond acceptors (Lipinski definition) is 2. The first-order chi connectivity index (χ1) is 7.34. The van der Waals surface area contributed by atoms with Gasteiger partial charge in [0, 0.05) is 12.6 Å². The number of rotatable bonds is 1. The molecular formula is C12H22N2O2. The highest BCUT2D eigenvalue weighted by atomic mass is 16.4. The molecule has 1 aliphatic carbocycles. The predicted molar refractivity (Wildman–Crippen MR) is 62.2 cm³/mol. The topological polar surface area (TPSA) is 66.6 Å². The molecule has 0 aromatic carbocycles. The van der Waals surface area contributed by atoms with E-state index in [1.807, 2.05) is 0 Å². The van der Waals surface area contributed by atoms with Gasteiger partial charge in [-0.2, -0.15) is 0 Å². The largest absolute Gasteiger partial charge is 0.465 e. The van der Waals surface area contributed by atoms with E-state index in [0.717, 1.165) is 19.3 Å². The summed E-state index contributed by atoms with van der Waals surface area (Å²) in [5.41, 5.74) is 5.56. The average molecular weight is 226 g/mol. The predicted octanol–water partition coefficient (Wildman–Crippen LogP) is 1.89. The Hall–Kier alpha value is -0.770. The van der Waals surface area contributed by atoms with Gasteiger partial charge in [-0.3, -0.25) is 4.90 Å². The number of nitrogens with two attached hydrogens (primary N) is 1. The van der Waals surface area contributed by atoms with Crippen LogP contribution in [0.15, 0.2) is 0 Å². The normalized spacial score (nSPS) is 38.1.